The molecule has 0 spiro atoms. The van der Waals surface area contributed by atoms with Crippen molar-refractivity contribution >= 4 is 27.6 Å². The number of sulfonamides is 1. The monoisotopic (exact) mass is 386 g/mol. The molecule has 1 aliphatic heterocycles. The number of rotatable bonds is 5. The molecule has 0 aromatic heterocycles. The molecule has 2 rings (SSSR count). The molecular weight excluding hydrogens is 363 g/mol. The Hall–Kier alpha value is -2.16. The highest BCUT2D eigenvalue weighted by Gasteiger charge is 2.35. The Bertz CT molecular complexity index is 775. The standard InChI is InChI=1S/C17H23FN2O5S/c1-12(16(21)19-9-7-13(8-10-19)17(22)25-2)20(26(3,23)24)15-6-4-5-14(18)11-15/h4-6,11-13H,7-10H2,1-3H3. The Kier molecular flexibility index (Phi) is 6.22. The average molecular weight is 386 g/mol. The largest absolute Gasteiger partial charge is 0.469 e. The van der Waals surface area contributed by atoms with E-state index in [1.807, 2.05) is 0 Å². The molecule has 1 atom stereocenters. The number of benzene rings is 1. The molecule has 0 radical (unpaired) electrons. The van der Waals surface area contributed by atoms with Crippen molar-refractivity contribution < 1.29 is 27.1 Å². The van der Waals surface area contributed by atoms with E-state index < -0.39 is 21.9 Å². The van der Waals surface area contributed by atoms with Crippen molar-refractivity contribution in [3.05, 3.63) is 30.1 Å². The number of carbonyl (C=O) groups is 2. The van der Waals surface area contributed by atoms with E-state index in [0.717, 1.165) is 16.6 Å². The fourth-order valence-corrected chi connectivity index (χ4v) is 4.34. The molecule has 0 N–H and O–H groups in total. The molecule has 1 aromatic rings. The molecule has 0 saturated carbocycles. The zero-order valence-corrected chi connectivity index (χ0v) is 15.8. The summed E-state index contributed by atoms with van der Waals surface area (Å²) in [7, 11) is -2.48. The van der Waals surface area contributed by atoms with Gasteiger partial charge in [-0.05, 0) is 38.0 Å². The topological polar surface area (TPSA) is 84.0 Å². The van der Waals surface area contributed by atoms with E-state index in [1.165, 1.54) is 37.1 Å². The molecular formula is C17H23FN2O5S. The molecule has 144 valence electrons. The molecule has 0 aliphatic carbocycles. The highest BCUT2D eigenvalue weighted by atomic mass is 32.2. The maximum atomic E-state index is 13.5. The average Bonchev–Trinajstić information content (AvgIpc) is 2.59. The first-order valence-electron chi connectivity index (χ1n) is 8.26. The number of likely N-dealkylation sites (tertiary alicyclic amines) is 1. The molecule has 7 nitrogen and oxygen atoms in total. The van der Waals surface area contributed by atoms with E-state index in [2.05, 4.69) is 0 Å². The lowest BCUT2D eigenvalue weighted by atomic mass is 9.96. The van der Waals surface area contributed by atoms with E-state index in [0.29, 0.717) is 25.9 Å². The van der Waals surface area contributed by atoms with Crippen molar-refractivity contribution in [1.29, 1.82) is 0 Å². The van der Waals surface area contributed by atoms with Crippen molar-refractivity contribution in [1.82, 2.24) is 4.90 Å². The van der Waals surface area contributed by atoms with Crippen molar-refractivity contribution in [3.63, 3.8) is 0 Å². The fraction of sp³-hybridized carbons (Fsp3) is 0.529. The quantitative estimate of drug-likeness (QED) is 0.714. The van der Waals surface area contributed by atoms with Crippen LogP contribution < -0.4 is 4.31 Å². The summed E-state index contributed by atoms with van der Waals surface area (Å²) in [4.78, 5) is 25.9. The van der Waals surface area contributed by atoms with Gasteiger partial charge in [0.25, 0.3) is 0 Å². The first-order valence-corrected chi connectivity index (χ1v) is 10.1. The third-order valence-electron chi connectivity index (χ3n) is 4.47. The summed E-state index contributed by atoms with van der Waals surface area (Å²) < 4.78 is 43.6. The molecule has 1 aromatic carbocycles. The molecule has 9 heteroatoms. The number of methoxy groups -OCH3 is 1. The molecule has 1 fully saturated rings. The maximum absolute atomic E-state index is 13.5. The normalized spacial score (nSPS) is 16.8. The Morgan fingerprint density at radius 3 is 2.42 bits per heavy atom. The summed E-state index contributed by atoms with van der Waals surface area (Å²) in [5, 5.41) is 0. The first kappa shape index (κ1) is 20.2. The summed E-state index contributed by atoms with van der Waals surface area (Å²) >= 11 is 0. The Morgan fingerprint density at radius 2 is 1.92 bits per heavy atom. The highest BCUT2D eigenvalue weighted by molar-refractivity contribution is 7.92. The van der Waals surface area contributed by atoms with Crippen LogP contribution in [0.5, 0.6) is 0 Å². The van der Waals surface area contributed by atoms with Gasteiger partial charge >= 0.3 is 5.97 Å². The summed E-state index contributed by atoms with van der Waals surface area (Å²) in [6.45, 7) is 2.15. The zero-order valence-electron chi connectivity index (χ0n) is 15.0. The minimum absolute atomic E-state index is 0.0952. The van der Waals surface area contributed by atoms with E-state index in [4.69, 9.17) is 4.74 Å². The Labute approximate surface area is 152 Å². The SMILES string of the molecule is COC(=O)C1CCN(C(=O)C(C)N(c2cccc(F)c2)S(C)(=O)=O)CC1. The van der Waals surface area contributed by atoms with Crippen LogP contribution in [-0.4, -0.2) is 57.7 Å². The number of piperidine rings is 1. The Balaban J connectivity index is 2.18. The molecule has 1 unspecified atom stereocenters. The van der Waals surface area contributed by atoms with Gasteiger partial charge in [-0.3, -0.25) is 13.9 Å². The number of amides is 1. The van der Waals surface area contributed by atoms with Gasteiger partial charge in [-0.2, -0.15) is 0 Å². The van der Waals surface area contributed by atoms with Gasteiger partial charge < -0.3 is 9.64 Å². The lowest BCUT2D eigenvalue weighted by molar-refractivity contribution is -0.149. The minimum atomic E-state index is -3.80. The van der Waals surface area contributed by atoms with Crippen LogP contribution in [0.3, 0.4) is 0 Å². The van der Waals surface area contributed by atoms with Crippen LogP contribution in [0.25, 0.3) is 0 Å². The fourth-order valence-electron chi connectivity index (χ4n) is 3.18. The number of halogens is 1. The van der Waals surface area contributed by atoms with Crippen molar-refractivity contribution in [2.24, 2.45) is 5.92 Å². The van der Waals surface area contributed by atoms with Gasteiger partial charge in [-0.25, -0.2) is 12.8 Å². The number of anilines is 1. The molecule has 26 heavy (non-hydrogen) atoms. The molecule has 0 bridgehead atoms. The van der Waals surface area contributed by atoms with Gasteiger partial charge in [0, 0.05) is 13.1 Å². The van der Waals surface area contributed by atoms with Crippen molar-refractivity contribution in [3.8, 4) is 0 Å². The van der Waals surface area contributed by atoms with E-state index in [-0.39, 0.29) is 23.5 Å². The number of carbonyl (C=O) groups excluding carboxylic acids is 2. The van der Waals surface area contributed by atoms with Crippen LogP contribution in [0, 0.1) is 11.7 Å². The smallest absolute Gasteiger partial charge is 0.308 e. The zero-order chi connectivity index (χ0) is 19.5. The number of esters is 1. The lowest BCUT2D eigenvalue weighted by Crippen LogP contribution is -2.51. The van der Waals surface area contributed by atoms with Gasteiger partial charge in [0.2, 0.25) is 15.9 Å². The van der Waals surface area contributed by atoms with Gasteiger partial charge in [0.1, 0.15) is 11.9 Å². The second-order valence-corrected chi connectivity index (χ2v) is 8.20. The van der Waals surface area contributed by atoms with E-state index >= 15 is 0 Å². The van der Waals surface area contributed by atoms with Gasteiger partial charge in [0.15, 0.2) is 0 Å². The van der Waals surface area contributed by atoms with Crippen LogP contribution in [0.4, 0.5) is 10.1 Å². The van der Waals surface area contributed by atoms with Crippen molar-refractivity contribution in [2.45, 2.75) is 25.8 Å². The van der Waals surface area contributed by atoms with E-state index in [1.54, 1.807) is 0 Å². The number of nitrogens with zero attached hydrogens (tertiary/aromatic N) is 2. The summed E-state index contributed by atoms with van der Waals surface area (Å²) in [6.07, 6.45) is 1.90. The van der Waals surface area contributed by atoms with Crippen molar-refractivity contribution in [2.75, 3.05) is 30.8 Å². The number of ether oxygens (including phenoxy) is 1. The maximum Gasteiger partial charge on any atom is 0.308 e. The highest BCUT2D eigenvalue weighted by Crippen LogP contribution is 2.24. The second kappa shape index (κ2) is 8.03. The van der Waals surface area contributed by atoms with Gasteiger partial charge in [-0.1, -0.05) is 6.07 Å². The third kappa shape index (κ3) is 4.51. The van der Waals surface area contributed by atoms with Gasteiger partial charge in [0.05, 0.1) is 25.0 Å². The van der Waals surface area contributed by atoms with Gasteiger partial charge in [-0.15, -0.1) is 0 Å². The molecule has 1 saturated heterocycles. The third-order valence-corrected chi connectivity index (χ3v) is 5.71. The first-order chi connectivity index (χ1) is 12.1. The summed E-state index contributed by atoms with van der Waals surface area (Å²) in [5.41, 5.74) is 0.0952. The van der Waals surface area contributed by atoms with Crippen LogP contribution in [0.15, 0.2) is 24.3 Å². The Morgan fingerprint density at radius 1 is 1.31 bits per heavy atom. The number of hydrogen-bond donors (Lipinski definition) is 0. The van der Waals surface area contributed by atoms with E-state index in [9.17, 15) is 22.4 Å². The lowest BCUT2D eigenvalue weighted by Gasteiger charge is -2.36. The number of hydrogen-bond acceptors (Lipinski definition) is 5. The summed E-state index contributed by atoms with van der Waals surface area (Å²) in [5.74, 6) is -1.53. The summed E-state index contributed by atoms with van der Waals surface area (Å²) in [6, 6.07) is 4.09. The minimum Gasteiger partial charge on any atom is -0.469 e. The molecule has 1 amide bonds. The van der Waals surface area contributed by atoms with Crippen LogP contribution in [0.1, 0.15) is 19.8 Å². The second-order valence-electron chi connectivity index (χ2n) is 6.34. The molecule has 1 aliphatic rings. The predicted molar refractivity (Wildman–Crippen MR) is 94.5 cm³/mol. The van der Waals surface area contributed by atoms with Crippen LogP contribution in [0.2, 0.25) is 0 Å². The predicted octanol–water partition coefficient (Wildman–Crippen LogP) is 1.39. The molecule has 1 heterocycles. The van der Waals surface area contributed by atoms with Crippen LogP contribution in [-0.2, 0) is 24.3 Å². The van der Waals surface area contributed by atoms with Crippen LogP contribution >= 0.6 is 0 Å².